The molecule has 0 fully saturated rings. The summed E-state index contributed by atoms with van der Waals surface area (Å²) < 4.78 is 10.2. The summed E-state index contributed by atoms with van der Waals surface area (Å²) in [6.07, 6.45) is 2.13. The van der Waals surface area contributed by atoms with Crippen molar-refractivity contribution in [1.82, 2.24) is 9.38 Å². The molecule has 0 unspecified atom stereocenters. The van der Waals surface area contributed by atoms with E-state index in [9.17, 15) is 0 Å². The number of benzene rings is 2. The van der Waals surface area contributed by atoms with Crippen LogP contribution in [0.2, 0.25) is 14.8 Å². The molecule has 0 aliphatic heterocycles. The van der Waals surface area contributed by atoms with Crippen molar-refractivity contribution < 1.29 is 4.74 Å². The van der Waals surface area contributed by atoms with Gasteiger partial charge in [0.05, 0.1) is 7.11 Å². The second-order valence-electron chi connectivity index (χ2n) is 7.04. The molecule has 0 atom stereocenters. The molecule has 3 nitrogen and oxygen atoms in total. The van der Waals surface area contributed by atoms with Crippen molar-refractivity contribution in [2.45, 2.75) is 14.8 Å². The predicted octanol–water partition coefficient (Wildman–Crippen LogP) is 4.77. The van der Waals surface area contributed by atoms with Gasteiger partial charge in [-0.2, -0.15) is 0 Å². The van der Waals surface area contributed by atoms with E-state index in [4.69, 9.17) is 9.72 Å². The van der Waals surface area contributed by atoms with Crippen molar-refractivity contribution in [2.24, 2.45) is 0 Å². The fourth-order valence-electron chi connectivity index (χ4n) is 2.89. The first-order valence-corrected chi connectivity index (χ1v) is 18.8. The van der Waals surface area contributed by atoms with Gasteiger partial charge < -0.3 is 0 Å². The van der Waals surface area contributed by atoms with Crippen LogP contribution in [0.3, 0.4) is 0 Å². The number of rotatable bonds is 3. The summed E-state index contributed by atoms with van der Waals surface area (Å²) >= 11 is -0.290. The first-order valence-electron chi connectivity index (χ1n) is 8.02. The quantitative estimate of drug-likeness (QED) is 0.427. The zero-order valence-corrected chi connectivity index (χ0v) is 18.0. The second kappa shape index (κ2) is 5.77. The van der Waals surface area contributed by atoms with Gasteiger partial charge in [-0.25, -0.2) is 0 Å². The Hall–Kier alpha value is -1.53. The van der Waals surface area contributed by atoms with Gasteiger partial charge >= 0.3 is 143 Å². The molecule has 0 amide bonds. The Balaban J connectivity index is 1.78. The van der Waals surface area contributed by atoms with E-state index in [0.29, 0.717) is 0 Å². The van der Waals surface area contributed by atoms with E-state index in [2.05, 4.69) is 61.8 Å². The molecule has 4 aromatic rings. The van der Waals surface area contributed by atoms with Crippen molar-refractivity contribution in [3.8, 4) is 17.0 Å². The van der Waals surface area contributed by atoms with Crippen LogP contribution in [-0.2, 0) is 0 Å². The van der Waals surface area contributed by atoms with Gasteiger partial charge in [-0.1, -0.05) is 0 Å². The molecule has 4 rings (SSSR count). The zero-order valence-electron chi connectivity index (χ0n) is 14.3. The molecule has 0 bridgehead atoms. The maximum atomic E-state index is 5.31. The summed E-state index contributed by atoms with van der Waals surface area (Å²) in [7, 11) is 1.70. The first kappa shape index (κ1) is 16.0. The Bertz CT molecular complexity index is 1030. The Morgan fingerprint density at radius 3 is 2.46 bits per heavy atom. The number of hydrogen-bond acceptors (Lipinski definition) is 3. The summed E-state index contributed by atoms with van der Waals surface area (Å²) in [5.41, 5.74) is 3.40. The van der Waals surface area contributed by atoms with Crippen LogP contribution in [0.1, 0.15) is 0 Å². The standard InChI is InChI=1S/C16H11N2OS.3CH3.Sn/c1-19-12-7-8-14-15(9-12)20-16-17-13(10-18(14)16)11-5-3-2-4-6-11;;;;/h3-10H,1H3;3*1H3;. The van der Waals surface area contributed by atoms with E-state index < -0.39 is 18.4 Å². The molecule has 2 heterocycles. The minimum absolute atomic E-state index is 0.885. The molecule has 5 heteroatoms. The fourth-order valence-corrected chi connectivity index (χ4v) is 7.25. The topological polar surface area (TPSA) is 26.5 Å². The third kappa shape index (κ3) is 2.71. The SMILES string of the molecule is COc1ccc2c(c1)sc1nc(-c3cc[c]([Sn]([CH3])([CH3])[CH3])cc3)cn12. The van der Waals surface area contributed by atoms with Crippen molar-refractivity contribution in [3.05, 3.63) is 48.7 Å². The summed E-state index contributed by atoms with van der Waals surface area (Å²) in [6.45, 7) is 0. The number of nitrogens with zero attached hydrogens (tertiary/aromatic N) is 2. The number of ether oxygens (including phenoxy) is 1. The Morgan fingerprint density at radius 2 is 1.79 bits per heavy atom. The third-order valence-corrected chi connectivity index (χ3v) is 11.3. The maximum absolute atomic E-state index is 5.31. The van der Waals surface area contributed by atoms with Gasteiger partial charge in [-0.05, 0) is 0 Å². The molecule has 0 spiro atoms. The molecule has 0 radical (unpaired) electrons. The number of fused-ring (bicyclic) bond motifs is 3. The van der Waals surface area contributed by atoms with Crippen LogP contribution in [0.25, 0.3) is 26.4 Å². The van der Waals surface area contributed by atoms with E-state index in [-0.39, 0.29) is 0 Å². The first-order chi connectivity index (χ1) is 11.5. The van der Waals surface area contributed by atoms with Crippen molar-refractivity contribution in [2.75, 3.05) is 7.11 Å². The summed E-state index contributed by atoms with van der Waals surface area (Å²) in [4.78, 5) is 13.2. The molecule has 0 saturated heterocycles. The minimum atomic E-state index is -1.99. The summed E-state index contributed by atoms with van der Waals surface area (Å²) in [5.74, 6) is 0.885. The van der Waals surface area contributed by atoms with Gasteiger partial charge in [0.15, 0.2) is 0 Å². The van der Waals surface area contributed by atoms with Crippen LogP contribution in [0.5, 0.6) is 5.75 Å². The van der Waals surface area contributed by atoms with E-state index >= 15 is 0 Å². The predicted molar refractivity (Wildman–Crippen MR) is 106 cm³/mol. The van der Waals surface area contributed by atoms with Gasteiger partial charge in [0.25, 0.3) is 0 Å². The van der Waals surface area contributed by atoms with Crippen molar-refractivity contribution in [1.29, 1.82) is 0 Å². The Morgan fingerprint density at radius 1 is 1.04 bits per heavy atom. The van der Waals surface area contributed by atoms with Crippen LogP contribution < -0.4 is 8.32 Å². The fraction of sp³-hybridized carbons (Fsp3) is 0.211. The molecule has 0 aliphatic carbocycles. The Labute approximate surface area is 149 Å². The molecular formula is C19H20N2OSSn. The van der Waals surface area contributed by atoms with E-state index in [1.54, 1.807) is 22.0 Å². The number of hydrogen-bond donors (Lipinski definition) is 0. The Kier molecular flexibility index (Phi) is 3.84. The number of thiazole rings is 1. The van der Waals surface area contributed by atoms with E-state index in [1.165, 1.54) is 15.8 Å². The molecule has 122 valence electrons. The van der Waals surface area contributed by atoms with Gasteiger partial charge in [0.2, 0.25) is 0 Å². The van der Waals surface area contributed by atoms with Crippen LogP contribution in [0, 0.1) is 0 Å². The third-order valence-electron chi connectivity index (χ3n) is 4.35. The molecule has 0 aliphatic rings. The van der Waals surface area contributed by atoms with Gasteiger partial charge in [0, 0.05) is 0 Å². The van der Waals surface area contributed by atoms with Crippen LogP contribution in [0.4, 0.5) is 0 Å². The summed E-state index contributed by atoms with van der Waals surface area (Å²) in [5, 5.41) is 0. The molecule has 24 heavy (non-hydrogen) atoms. The molecule has 0 N–H and O–H groups in total. The van der Waals surface area contributed by atoms with Crippen LogP contribution in [0.15, 0.2) is 48.7 Å². The molecule has 0 saturated carbocycles. The number of imidazole rings is 1. The molecule has 2 aromatic carbocycles. The normalized spacial score (nSPS) is 12.2. The number of methoxy groups -OCH3 is 1. The van der Waals surface area contributed by atoms with Crippen molar-refractivity contribution >= 4 is 48.5 Å². The van der Waals surface area contributed by atoms with Crippen LogP contribution >= 0.6 is 11.3 Å². The van der Waals surface area contributed by atoms with Gasteiger partial charge in [-0.15, -0.1) is 0 Å². The van der Waals surface area contributed by atoms with Gasteiger partial charge in [0.1, 0.15) is 0 Å². The van der Waals surface area contributed by atoms with E-state index in [1.807, 2.05) is 6.07 Å². The average Bonchev–Trinajstić information content (AvgIpc) is 3.11. The monoisotopic (exact) mass is 444 g/mol. The van der Waals surface area contributed by atoms with Gasteiger partial charge in [-0.3, -0.25) is 0 Å². The zero-order chi connectivity index (χ0) is 16.9. The number of aromatic nitrogens is 2. The average molecular weight is 443 g/mol. The van der Waals surface area contributed by atoms with E-state index in [0.717, 1.165) is 16.4 Å². The van der Waals surface area contributed by atoms with Crippen LogP contribution in [-0.4, -0.2) is 34.9 Å². The summed E-state index contributed by atoms with van der Waals surface area (Å²) in [6, 6.07) is 15.2. The van der Waals surface area contributed by atoms with Crippen molar-refractivity contribution in [3.63, 3.8) is 0 Å². The molecular weight excluding hydrogens is 423 g/mol. The molecule has 2 aromatic heterocycles. The second-order valence-corrected chi connectivity index (χ2v) is 22.5.